The van der Waals surface area contributed by atoms with Gasteiger partial charge in [-0.1, -0.05) is 358 Å². The Hall–Kier alpha value is -4.48. The SMILES string of the molecule is CC/C=C\C/C=C\C/C=C\C/C=C\C/C=C\C/C=C\C/C=C\C/C=C\CCCCCCCCCCCCCCCCCCC(=O)OC(CO)COC(=O)CCCCCCCCCCCCCCCCCCC/C=C\C/C=C\C/C=C\C/C=C\C/C=C\CC. The van der Waals surface area contributed by atoms with E-state index in [2.05, 4.69) is 172 Å². The number of carbonyl (C=O) groups is 2. The second-order valence-corrected chi connectivity index (χ2v) is 24.3. The molecule has 0 heterocycles. The maximum atomic E-state index is 12.4. The summed E-state index contributed by atoms with van der Waals surface area (Å²) in [5.41, 5.74) is 0. The highest BCUT2D eigenvalue weighted by molar-refractivity contribution is 5.70. The molecule has 0 aromatic carbocycles. The van der Waals surface area contributed by atoms with Crippen molar-refractivity contribution >= 4 is 11.9 Å². The molecule has 0 aromatic rings. The van der Waals surface area contributed by atoms with Crippen molar-refractivity contribution < 1.29 is 24.2 Å². The predicted octanol–water partition coefficient (Wildman–Crippen LogP) is 26.2. The quantitative estimate of drug-likeness (QED) is 0.0373. The Balaban J connectivity index is 3.48. The average molecular weight is 1220 g/mol. The number of hydrogen-bond donors (Lipinski definition) is 1. The minimum atomic E-state index is -0.781. The molecule has 0 rings (SSSR count). The Labute approximate surface area is 545 Å². The van der Waals surface area contributed by atoms with Gasteiger partial charge in [-0.3, -0.25) is 9.59 Å². The zero-order valence-corrected chi connectivity index (χ0v) is 57.4. The van der Waals surface area contributed by atoms with Crippen molar-refractivity contribution in [2.75, 3.05) is 13.2 Å². The molecule has 500 valence electrons. The molecule has 1 atom stereocenters. The Kier molecular flexibility index (Phi) is 72.9. The Morgan fingerprint density at radius 1 is 0.261 bits per heavy atom. The molecule has 5 nitrogen and oxygen atoms in total. The molecule has 0 amide bonds. The molecule has 0 spiro atoms. The third kappa shape index (κ3) is 74.0. The van der Waals surface area contributed by atoms with E-state index in [-0.39, 0.29) is 25.2 Å². The summed E-state index contributed by atoms with van der Waals surface area (Å²) in [5.74, 6) is -0.584. The van der Waals surface area contributed by atoms with Gasteiger partial charge in [-0.15, -0.1) is 0 Å². The van der Waals surface area contributed by atoms with Crippen molar-refractivity contribution in [2.45, 2.75) is 341 Å². The first-order valence-corrected chi connectivity index (χ1v) is 37.0. The van der Waals surface area contributed by atoms with Crippen molar-refractivity contribution in [3.63, 3.8) is 0 Å². The zero-order chi connectivity index (χ0) is 63.3. The molecule has 0 bridgehead atoms. The summed E-state index contributed by atoms with van der Waals surface area (Å²) in [7, 11) is 0. The van der Waals surface area contributed by atoms with E-state index in [4.69, 9.17) is 9.47 Å². The summed E-state index contributed by atoms with van der Waals surface area (Å²) >= 11 is 0. The molecule has 88 heavy (non-hydrogen) atoms. The van der Waals surface area contributed by atoms with E-state index >= 15 is 0 Å². The lowest BCUT2D eigenvalue weighted by molar-refractivity contribution is -0.161. The van der Waals surface area contributed by atoms with Crippen LogP contribution in [0.4, 0.5) is 0 Å². The molecule has 0 radical (unpaired) electrons. The highest BCUT2D eigenvalue weighted by Crippen LogP contribution is 2.18. The van der Waals surface area contributed by atoms with E-state index < -0.39 is 6.10 Å². The van der Waals surface area contributed by atoms with Crippen molar-refractivity contribution in [1.82, 2.24) is 0 Å². The van der Waals surface area contributed by atoms with E-state index in [1.165, 1.54) is 186 Å². The smallest absolute Gasteiger partial charge is 0.306 e. The first-order chi connectivity index (χ1) is 43.6. The van der Waals surface area contributed by atoms with Crippen LogP contribution in [0.3, 0.4) is 0 Å². The van der Waals surface area contributed by atoms with Crippen LogP contribution in [0.2, 0.25) is 0 Å². The fourth-order valence-electron chi connectivity index (χ4n) is 10.4. The van der Waals surface area contributed by atoms with E-state index in [9.17, 15) is 14.7 Å². The minimum Gasteiger partial charge on any atom is -0.462 e. The van der Waals surface area contributed by atoms with Crippen LogP contribution < -0.4 is 0 Å². The lowest BCUT2D eigenvalue weighted by Crippen LogP contribution is -2.28. The first kappa shape index (κ1) is 83.5. The summed E-state index contributed by atoms with van der Waals surface area (Å²) < 4.78 is 10.8. The van der Waals surface area contributed by atoms with Gasteiger partial charge in [0.2, 0.25) is 0 Å². The lowest BCUT2D eigenvalue weighted by Gasteiger charge is -2.15. The molecule has 0 aliphatic rings. The molecule has 0 fully saturated rings. The Morgan fingerprint density at radius 2 is 0.455 bits per heavy atom. The minimum absolute atomic E-state index is 0.0691. The number of carbonyl (C=O) groups excluding carboxylic acids is 2. The molecular weight excluding hydrogens is 1080 g/mol. The number of unbranched alkanes of at least 4 members (excludes halogenated alkanes) is 33. The fourth-order valence-corrected chi connectivity index (χ4v) is 10.4. The summed E-state index contributed by atoms with van der Waals surface area (Å²) in [6.45, 7) is 3.94. The molecule has 0 aliphatic carbocycles. The van der Waals surface area contributed by atoms with Crippen LogP contribution in [0, 0.1) is 0 Å². The summed E-state index contributed by atoms with van der Waals surface area (Å²) in [6.07, 6.45) is 117. The van der Waals surface area contributed by atoms with Crippen LogP contribution in [-0.2, 0) is 19.1 Å². The standard InChI is InChI=1S/C83H138O5/c1-3-5-7-9-11-13-15-17-19-21-23-25-27-29-31-33-35-37-38-39-40-41-42-43-44-46-48-50-52-54-56-58-60-62-64-66-68-70-72-74-76-78-83(86)88-81(79-84)80-87-82(85)77-75-73-71-69-67-65-63-61-59-57-55-53-51-49-47-45-36-34-32-30-28-26-24-22-20-18-16-14-12-10-8-6-4-2/h5-8,11-14,17-20,23-26,29-32,35,37,39-40,42-43,81,84H,3-4,9-10,15-16,21-22,27-28,33-34,36,38,41,44-80H2,1-2H3/b7-5-,8-6-,13-11-,14-12-,19-17-,20-18-,25-23-,26-24-,31-29-,32-30-,37-35-,40-39-,43-42-. The van der Waals surface area contributed by atoms with Crippen molar-refractivity contribution in [3.05, 3.63) is 158 Å². The number of allylic oxidation sites excluding steroid dienone is 26. The zero-order valence-electron chi connectivity index (χ0n) is 57.4. The van der Waals surface area contributed by atoms with Crippen LogP contribution in [-0.4, -0.2) is 36.4 Å². The van der Waals surface area contributed by atoms with Crippen LogP contribution in [0.25, 0.3) is 0 Å². The second kappa shape index (κ2) is 76.8. The van der Waals surface area contributed by atoms with Gasteiger partial charge in [0.15, 0.2) is 6.10 Å². The van der Waals surface area contributed by atoms with Crippen molar-refractivity contribution in [2.24, 2.45) is 0 Å². The molecule has 0 aliphatic heterocycles. The number of rotatable bonds is 67. The maximum Gasteiger partial charge on any atom is 0.306 e. The predicted molar refractivity (Wildman–Crippen MR) is 389 cm³/mol. The van der Waals surface area contributed by atoms with E-state index in [0.29, 0.717) is 12.8 Å². The largest absolute Gasteiger partial charge is 0.462 e. The van der Waals surface area contributed by atoms with Gasteiger partial charge in [-0.05, 0) is 122 Å². The Morgan fingerprint density at radius 3 is 0.682 bits per heavy atom. The van der Waals surface area contributed by atoms with Gasteiger partial charge >= 0.3 is 11.9 Å². The number of ether oxygens (including phenoxy) is 2. The van der Waals surface area contributed by atoms with E-state index in [0.717, 1.165) is 122 Å². The molecule has 5 heteroatoms. The number of aliphatic hydroxyl groups excluding tert-OH is 1. The van der Waals surface area contributed by atoms with Crippen LogP contribution in [0.15, 0.2) is 158 Å². The number of aliphatic hydroxyl groups is 1. The maximum absolute atomic E-state index is 12.4. The second-order valence-electron chi connectivity index (χ2n) is 24.3. The molecule has 0 aromatic heterocycles. The van der Waals surface area contributed by atoms with Crippen LogP contribution >= 0.6 is 0 Å². The average Bonchev–Trinajstić information content (AvgIpc) is 3.56. The molecule has 0 saturated heterocycles. The first-order valence-electron chi connectivity index (χ1n) is 37.0. The van der Waals surface area contributed by atoms with Crippen molar-refractivity contribution in [3.8, 4) is 0 Å². The van der Waals surface area contributed by atoms with E-state index in [1.807, 2.05) is 0 Å². The van der Waals surface area contributed by atoms with Gasteiger partial charge in [0.05, 0.1) is 6.61 Å². The number of esters is 2. The molecule has 1 N–H and O–H groups in total. The normalized spacial score (nSPS) is 13.2. The number of hydrogen-bond acceptors (Lipinski definition) is 5. The molecular formula is C83H138O5. The van der Waals surface area contributed by atoms with Gasteiger partial charge in [-0.2, -0.15) is 0 Å². The monoisotopic (exact) mass is 1220 g/mol. The topological polar surface area (TPSA) is 72.8 Å². The van der Waals surface area contributed by atoms with Crippen LogP contribution in [0.5, 0.6) is 0 Å². The third-order valence-electron chi connectivity index (χ3n) is 15.8. The summed E-state index contributed by atoms with van der Waals surface area (Å²) in [6, 6.07) is 0. The van der Waals surface area contributed by atoms with Gasteiger partial charge < -0.3 is 14.6 Å². The summed E-state index contributed by atoms with van der Waals surface area (Å²) in [4.78, 5) is 24.7. The van der Waals surface area contributed by atoms with Gasteiger partial charge in [0.25, 0.3) is 0 Å². The van der Waals surface area contributed by atoms with Gasteiger partial charge in [0.1, 0.15) is 6.61 Å². The molecule has 0 saturated carbocycles. The fraction of sp³-hybridized carbons (Fsp3) is 0.663. The highest BCUT2D eigenvalue weighted by Gasteiger charge is 2.16. The highest BCUT2D eigenvalue weighted by atomic mass is 16.6. The van der Waals surface area contributed by atoms with Crippen LogP contribution in [0.1, 0.15) is 335 Å². The van der Waals surface area contributed by atoms with E-state index in [1.54, 1.807) is 0 Å². The Bertz CT molecular complexity index is 1860. The lowest BCUT2D eigenvalue weighted by atomic mass is 10.0. The van der Waals surface area contributed by atoms with Crippen molar-refractivity contribution in [1.29, 1.82) is 0 Å². The third-order valence-corrected chi connectivity index (χ3v) is 15.8. The van der Waals surface area contributed by atoms with Gasteiger partial charge in [0, 0.05) is 12.8 Å². The molecule has 1 unspecified atom stereocenters. The van der Waals surface area contributed by atoms with Gasteiger partial charge in [-0.25, -0.2) is 0 Å². The summed E-state index contributed by atoms with van der Waals surface area (Å²) in [5, 5.41) is 9.72.